The number of anilines is 1. The molecule has 110 valence electrons. The van der Waals surface area contributed by atoms with Gasteiger partial charge in [-0.15, -0.1) is 13.2 Å². The Morgan fingerprint density at radius 1 is 1.00 bits per heavy atom. The Hall–Kier alpha value is -2.50. The minimum absolute atomic E-state index is 0.254. The molecule has 0 radical (unpaired) electrons. The van der Waals surface area contributed by atoms with E-state index in [1.807, 2.05) is 30.3 Å². The third kappa shape index (κ3) is 4.83. The molecule has 0 aliphatic heterocycles. The van der Waals surface area contributed by atoms with Crippen LogP contribution in [0.15, 0.2) is 59.7 Å². The second-order valence-corrected chi connectivity index (χ2v) is 4.22. The number of hydrazone groups is 1. The summed E-state index contributed by atoms with van der Waals surface area (Å²) in [7, 11) is 1.78. The van der Waals surface area contributed by atoms with Crippen LogP contribution in [0.3, 0.4) is 0 Å². The van der Waals surface area contributed by atoms with Crippen molar-refractivity contribution in [2.75, 3.05) is 12.1 Å². The first kappa shape index (κ1) is 14.9. The maximum atomic E-state index is 12.0. The van der Waals surface area contributed by atoms with E-state index in [1.54, 1.807) is 18.3 Å². The molecule has 21 heavy (non-hydrogen) atoms. The van der Waals surface area contributed by atoms with Crippen molar-refractivity contribution in [1.82, 2.24) is 0 Å². The van der Waals surface area contributed by atoms with Crippen LogP contribution in [-0.2, 0) is 0 Å². The Bertz CT molecular complexity index is 595. The highest BCUT2D eigenvalue weighted by molar-refractivity contribution is 5.80. The van der Waals surface area contributed by atoms with Gasteiger partial charge in [0.15, 0.2) is 0 Å². The average Bonchev–Trinajstić information content (AvgIpc) is 2.45. The predicted molar refractivity (Wildman–Crippen MR) is 75.6 cm³/mol. The molecule has 0 aliphatic carbocycles. The third-order valence-corrected chi connectivity index (χ3v) is 2.62. The van der Waals surface area contributed by atoms with E-state index < -0.39 is 6.36 Å². The normalized spacial score (nSPS) is 11.6. The summed E-state index contributed by atoms with van der Waals surface area (Å²) < 4.78 is 39.9. The molecule has 0 spiro atoms. The molecule has 0 heterocycles. The molecule has 0 bridgehead atoms. The molecule has 0 aliphatic rings. The number of hydrogen-bond acceptors (Lipinski definition) is 3. The van der Waals surface area contributed by atoms with Crippen LogP contribution in [0.4, 0.5) is 18.9 Å². The molecule has 6 heteroatoms. The summed E-state index contributed by atoms with van der Waals surface area (Å²) in [6.07, 6.45) is -3.12. The van der Waals surface area contributed by atoms with Gasteiger partial charge in [0.05, 0.1) is 11.9 Å². The number of halogens is 3. The minimum atomic E-state index is -4.68. The molecule has 0 saturated carbocycles. The lowest BCUT2D eigenvalue weighted by Gasteiger charge is -2.12. The van der Waals surface area contributed by atoms with Gasteiger partial charge < -0.3 is 4.74 Å². The van der Waals surface area contributed by atoms with Crippen LogP contribution in [0, 0.1) is 0 Å². The standard InChI is InChI=1S/C15H13F3N2O/c1-20(13-5-3-2-4-6-13)19-11-12-7-9-14(10-8-12)21-15(16,17)18/h2-11H,1H3/b19-11+. The summed E-state index contributed by atoms with van der Waals surface area (Å²) in [5.74, 6) is -0.254. The smallest absolute Gasteiger partial charge is 0.406 e. The number of rotatable bonds is 4. The zero-order chi connectivity index (χ0) is 15.3. The third-order valence-electron chi connectivity index (χ3n) is 2.62. The van der Waals surface area contributed by atoms with Crippen LogP contribution < -0.4 is 9.75 Å². The van der Waals surface area contributed by atoms with Crippen molar-refractivity contribution in [2.45, 2.75) is 6.36 Å². The fourth-order valence-corrected chi connectivity index (χ4v) is 1.62. The fourth-order valence-electron chi connectivity index (χ4n) is 1.62. The number of para-hydroxylation sites is 1. The SMILES string of the molecule is CN(/N=C/c1ccc(OC(F)(F)F)cc1)c1ccccc1. The van der Waals surface area contributed by atoms with Crippen LogP contribution in [0.25, 0.3) is 0 Å². The highest BCUT2D eigenvalue weighted by Crippen LogP contribution is 2.22. The predicted octanol–water partition coefficient (Wildman–Crippen LogP) is 4.06. The summed E-state index contributed by atoms with van der Waals surface area (Å²) >= 11 is 0. The molecule has 0 unspecified atom stereocenters. The molecule has 0 aromatic heterocycles. The highest BCUT2D eigenvalue weighted by atomic mass is 19.4. The number of hydrogen-bond donors (Lipinski definition) is 0. The Morgan fingerprint density at radius 2 is 1.62 bits per heavy atom. The Labute approximate surface area is 120 Å². The second kappa shape index (κ2) is 6.30. The average molecular weight is 294 g/mol. The number of nitrogens with zero attached hydrogens (tertiary/aromatic N) is 2. The molecule has 2 rings (SSSR count). The first-order valence-corrected chi connectivity index (χ1v) is 6.12. The van der Waals surface area contributed by atoms with E-state index in [0.717, 1.165) is 5.69 Å². The van der Waals surface area contributed by atoms with E-state index in [1.165, 1.54) is 24.3 Å². The van der Waals surface area contributed by atoms with Gasteiger partial charge >= 0.3 is 6.36 Å². The largest absolute Gasteiger partial charge is 0.573 e. The summed E-state index contributed by atoms with van der Waals surface area (Å²) in [4.78, 5) is 0. The summed E-state index contributed by atoms with van der Waals surface area (Å²) in [5.41, 5.74) is 1.58. The zero-order valence-electron chi connectivity index (χ0n) is 11.2. The minimum Gasteiger partial charge on any atom is -0.406 e. The molecule has 2 aromatic carbocycles. The quantitative estimate of drug-likeness (QED) is 0.627. The number of benzene rings is 2. The second-order valence-electron chi connectivity index (χ2n) is 4.22. The maximum Gasteiger partial charge on any atom is 0.573 e. The molecule has 0 saturated heterocycles. The lowest BCUT2D eigenvalue weighted by atomic mass is 10.2. The van der Waals surface area contributed by atoms with Gasteiger partial charge in [0.1, 0.15) is 5.75 Å². The molecule has 0 N–H and O–H groups in total. The van der Waals surface area contributed by atoms with Gasteiger partial charge in [0.25, 0.3) is 0 Å². The van der Waals surface area contributed by atoms with Crippen LogP contribution >= 0.6 is 0 Å². The van der Waals surface area contributed by atoms with Crippen LogP contribution in [0.5, 0.6) is 5.75 Å². The van der Waals surface area contributed by atoms with Crippen LogP contribution in [0.2, 0.25) is 0 Å². The van der Waals surface area contributed by atoms with E-state index in [2.05, 4.69) is 9.84 Å². The highest BCUT2D eigenvalue weighted by Gasteiger charge is 2.30. The topological polar surface area (TPSA) is 24.8 Å². The molecular weight excluding hydrogens is 281 g/mol. The van der Waals surface area contributed by atoms with Gasteiger partial charge in [-0.1, -0.05) is 18.2 Å². The molecular formula is C15H13F3N2O. The molecule has 3 nitrogen and oxygen atoms in total. The summed E-state index contributed by atoms with van der Waals surface area (Å²) in [5, 5.41) is 5.88. The van der Waals surface area contributed by atoms with Gasteiger partial charge in [-0.05, 0) is 42.0 Å². The van der Waals surface area contributed by atoms with Gasteiger partial charge in [0.2, 0.25) is 0 Å². The van der Waals surface area contributed by atoms with Crippen molar-refractivity contribution in [1.29, 1.82) is 0 Å². The van der Waals surface area contributed by atoms with E-state index in [0.29, 0.717) is 5.56 Å². The van der Waals surface area contributed by atoms with Crippen molar-refractivity contribution < 1.29 is 17.9 Å². The number of alkyl halides is 3. The van der Waals surface area contributed by atoms with E-state index >= 15 is 0 Å². The first-order valence-electron chi connectivity index (χ1n) is 6.12. The van der Waals surface area contributed by atoms with Crippen LogP contribution in [-0.4, -0.2) is 19.6 Å². The van der Waals surface area contributed by atoms with Gasteiger partial charge in [0, 0.05) is 7.05 Å². The monoisotopic (exact) mass is 294 g/mol. The summed E-state index contributed by atoms with van der Waals surface area (Å²) in [6.45, 7) is 0. The molecule has 0 atom stereocenters. The number of ether oxygens (including phenoxy) is 1. The van der Waals surface area contributed by atoms with Crippen molar-refractivity contribution in [2.24, 2.45) is 5.10 Å². The Kier molecular flexibility index (Phi) is 4.47. The Morgan fingerprint density at radius 3 is 2.19 bits per heavy atom. The zero-order valence-corrected chi connectivity index (χ0v) is 11.2. The first-order chi connectivity index (χ1) is 9.94. The Balaban J connectivity index is 2.01. The van der Waals surface area contributed by atoms with Crippen molar-refractivity contribution in [3.8, 4) is 5.75 Å². The lowest BCUT2D eigenvalue weighted by Crippen LogP contribution is -2.17. The molecule has 0 amide bonds. The van der Waals surface area contributed by atoms with E-state index in [4.69, 9.17) is 0 Å². The maximum absolute atomic E-state index is 12.0. The molecule has 2 aromatic rings. The van der Waals surface area contributed by atoms with Gasteiger partial charge in [-0.25, -0.2) is 0 Å². The van der Waals surface area contributed by atoms with Crippen molar-refractivity contribution in [3.63, 3.8) is 0 Å². The van der Waals surface area contributed by atoms with Crippen LogP contribution in [0.1, 0.15) is 5.56 Å². The van der Waals surface area contributed by atoms with Crippen molar-refractivity contribution in [3.05, 3.63) is 60.2 Å². The van der Waals surface area contributed by atoms with Gasteiger partial charge in [-0.2, -0.15) is 5.10 Å². The summed E-state index contributed by atoms with van der Waals surface area (Å²) in [6, 6.07) is 15.0. The van der Waals surface area contributed by atoms with E-state index in [9.17, 15) is 13.2 Å². The van der Waals surface area contributed by atoms with Crippen molar-refractivity contribution >= 4 is 11.9 Å². The van der Waals surface area contributed by atoms with Gasteiger partial charge in [-0.3, -0.25) is 5.01 Å². The fraction of sp³-hybridized carbons (Fsp3) is 0.133. The molecule has 0 fully saturated rings. The lowest BCUT2D eigenvalue weighted by molar-refractivity contribution is -0.274. The van der Waals surface area contributed by atoms with E-state index in [-0.39, 0.29) is 5.75 Å².